The summed E-state index contributed by atoms with van der Waals surface area (Å²) in [7, 11) is 0. The van der Waals surface area contributed by atoms with Crippen LogP contribution in [0.5, 0.6) is 0 Å². The van der Waals surface area contributed by atoms with Crippen molar-refractivity contribution in [1.82, 2.24) is 0 Å². The predicted octanol–water partition coefficient (Wildman–Crippen LogP) is 0.640. The Morgan fingerprint density at radius 3 is 1.67 bits per heavy atom. The molecule has 0 aromatic heterocycles. The zero-order chi connectivity index (χ0) is 3.58. The molecule has 1 atom stereocenters. The van der Waals surface area contributed by atoms with Crippen molar-refractivity contribution >= 4 is 25.0 Å². The summed E-state index contributed by atoms with van der Waals surface area (Å²) >= 11 is 3.74. The van der Waals surface area contributed by atoms with Crippen molar-refractivity contribution in [2.75, 3.05) is 0 Å². The normalized spacial score (nSPS) is 10.5. The van der Waals surface area contributed by atoms with E-state index in [1.54, 1.807) is 0 Å². The number of thiol groups is 1. The Labute approximate surface area is 70.4 Å². The second kappa shape index (κ2) is 9.73. The SMILES string of the molecule is CC(N)S.Cl.[Hg]. The van der Waals surface area contributed by atoms with Gasteiger partial charge in [-0.2, -0.15) is 12.6 Å². The molecule has 1 unspecified atom stereocenters. The predicted molar refractivity (Wildman–Crippen MR) is 29.9 cm³/mol. The summed E-state index contributed by atoms with van der Waals surface area (Å²) < 4.78 is 0. The quantitative estimate of drug-likeness (QED) is 0.383. The third-order valence-corrected chi connectivity index (χ3v) is 0. The maximum Gasteiger partial charge on any atom is 0.0448 e. The van der Waals surface area contributed by atoms with E-state index in [1.807, 2.05) is 6.92 Å². The molecule has 4 heteroatoms. The standard InChI is InChI=1S/C2H7NS.ClH.Hg/c1-2(3)4;;/h2,4H,3H2,1H3;1H;. The minimum absolute atomic E-state index is 0. The summed E-state index contributed by atoms with van der Waals surface area (Å²) in [6, 6.07) is 0. The molecule has 0 aromatic carbocycles. The molecule has 0 aliphatic carbocycles. The third kappa shape index (κ3) is 48.3. The molecule has 0 aliphatic rings. The van der Waals surface area contributed by atoms with E-state index in [2.05, 4.69) is 12.6 Å². The van der Waals surface area contributed by atoms with Gasteiger partial charge in [-0.25, -0.2) is 0 Å². The molecule has 0 heterocycles. The van der Waals surface area contributed by atoms with Gasteiger partial charge in [-0.15, -0.1) is 12.4 Å². The van der Waals surface area contributed by atoms with Crippen LogP contribution in [0.3, 0.4) is 0 Å². The Morgan fingerprint density at radius 2 is 1.67 bits per heavy atom. The van der Waals surface area contributed by atoms with Gasteiger partial charge in [0, 0.05) is 33.0 Å². The first-order chi connectivity index (χ1) is 1.73. The van der Waals surface area contributed by atoms with E-state index in [4.69, 9.17) is 5.73 Å². The van der Waals surface area contributed by atoms with Gasteiger partial charge in [-0.3, -0.25) is 0 Å². The summed E-state index contributed by atoms with van der Waals surface area (Å²) in [5, 5.41) is 0.0278. The van der Waals surface area contributed by atoms with Gasteiger partial charge < -0.3 is 5.73 Å². The van der Waals surface area contributed by atoms with Crippen molar-refractivity contribution in [3.05, 3.63) is 0 Å². The van der Waals surface area contributed by atoms with Gasteiger partial charge in [0.15, 0.2) is 0 Å². The molecule has 0 bridgehead atoms. The average molecular weight is 314 g/mol. The molecule has 0 radical (unpaired) electrons. The molecule has 36 valence electrons. The zero-order valence-corrected chi connectivity index (χ0v) is 10.9. The summed E-state index contributed by atoms with van der Waals surface area (Å²) in [4.78, 5) is 0. The van der Waals surface area contributed by atoms with Crippen molar-refractivity contribution < 1.29 is 27.7 Å². The smallest absolute Gasteiger partial charge is 0.0448 e. The first kappa shape index (κ1) is 15.6. The molecular formula is C2H8ClHgNS. The summed E-state index contributed by atoms with van der Waals surface area (Å²) in [6.45, 7) is 1.81. The zero-order valence-electron chi connectivity index (χ0n) is 3.72. The van der Waals surface area contributed by atoms with E-state index >= 15 is 0 Å². The fourth-order valence-corrected chi connectivity index (χ4v) is 0. The van der Waals surface area contributed by atoms with Gasteiger partial charge in [0.05, 0.1) is 0 Å². The Hall–Kier alpha value is 1.54. The van der Waals surface area contributed by atoms with E-state index < -0.39 is 0 Å². The second-order valence-electron chi connectivity index (χ2n) is 0.741. The molecular weight excluding hydrogens is 306 g/mol. The number of nitrogens with two attached hydrogens (primary N) is 1. The Morgan fingerprint density at radius 1 is 1.67 bits per heavy atom. The molecule has 0 amide bonds. The molecule has 0 aliphatic heterocycles. The fourth-order valence-electron chi connectivity index (χ4n) is 0. The number of rotatable bonds is 0. The monoisotopic (exact) mass is 315 g/mol. The minimum atomic E-state index is 0. The largest absolute Gasteiger partial charge is 0.320 e. The molecule has 0 saturated carbocycles. The van der Waals surface area contributed by atoms with Crippen LogP contribution in [0.2, 0.25) is 0 Å². The molecule has 2 N–H and O–H groups in total. The maximum absolute atomic E-state index is 4.98. The molecule has 6 heavy (non-hydrogen) atoms. The van der Waals surface area contributed by atoms with E-state index in [0.717, 1.165) is 0 Å². The van der Waals surface area contributed by atoms with Crippen molar-refractivity contribution in [1.29, 1.82) is 0 Å². The van der Waals surface area contributed by atoms with Gasteiger partial charge in [-0.05, 0) is 6.92 Å². The van der Waals surface area contributed by atoms with Gasteiger partial charge in [0.2, 0.25) is 0 Å². The van der Waals surface area contributed by atoms with Crippen molar-refractivity contribution in [2.24, 2.45) is 5.73 Å². The van der Waals surface area contributed by atoms with Gasteiger partial charge in [0.25, 0.3) is 0 Å². The summed E-state index contributed by atoms with van der Waals surface area (Å²) in [6.07, 6.45) is 0. The first-order valence-electron chi connectivity index (χ1n) is 1.17. The van der Waals surface area contributed by atoms with Crippen molar-refractivity contribution in [2.45, 2.75) is 12.3 Å². The van der Waals surface area contributed by atoms with E-state index in [-0.39, 0.29) is 45.4 Å². The van der Waals surface area contributed by atoms with Crippen LogP contribution in [0, 0.1) is 0 Å². The molecule has 0 aromatic rings. The van der Waals surface area contributed by atoms with Crippen LogP contribution in [-0.4, -0.2) is 5.37 Å². The second-order valence-corrected chi connectivity index (χ2v) is 1.56. The molecule has 0 saturated heterocycles. The molecule has 0 spiro atoms. The summed E-state index contributed by atoms with van der Waals surface area (Å²) in [5.74, 6) is 0. The Kier molecular flexibility index (Phi) is 25.4. The van der Waals surface area contributed by atoms with Crippen LogP contribution in [-0.2, 0) is 27.7 Å². The fraction of sp³-hybridized carbons (Fsp3) is 1.00. The Balaban J connectivity index is -0.0000000450. The van der Waals surface area contributed by atoms with Crippen LogP contribution in [0.25, 0.3) is 0 Å². The molecule has 1 nitrogen and oxygen atoms in total. The van der Waals surface area contributed by atoms with Crippen LogP contribution in [0.15, 0.2) is 0 Å². The maximum atomic E-state index is 4.98. The topological polar surface area (TPSA) is 26.0 Å². The van der Waals surface area contributed by atoms with Gasteiger partial charge >= 0.3 is 0 Å². The van der Waals surface area contributed by atoms with Crippen LogP contribution in [0.1, 0.15) is 6.92 Å². The van der Waals surface area contributed by atoms with Crippen LogP contribution < -0.4 is 5.73 Å². The van der Waals surface area contributed by atoms with E-state index in [9.17, 15) is 0 Å². The first-order valence-corrected chi connectivity index (χ1v) is 1.69. The van der Waals surface area contributed by atoms with Crippen molar-refractivity contribution in [3.8, 4) is 0 Å². The number of halogens is 1. The van der Waals surface area contributed by atoms with Gasteiger partial charge in [0.1, 0.15) is 0 Å². The molecule has 0 fully saturated rings. The van der Waals surface area contributed by atoms with Crippen molar-refractivity contribution in [3.63, 3.8) is 0 Å². The van der Waals surface area contributed by atoms with Crippen LogP contribution in [0.4, 0.5) is 0 Å². The Bertz CT molecular complexity index is 18.3. The third-order valence-electron chi connectivity index (χ3n) is 0. The molecule has 0 rings (SSSR count). The number of hydrogen-bond donors (Lipinski definition) is 2. The average Bonchev–Trinajstić information content (AvgIpc) is 0.811. The minimum Gasteiger partial charge on any atom is -0.320 e. The summed E-state index contributed by atoms with van der Waals surface area (Å²) in [5.41, 5.74) is 4.98. The van der Waals surface area contributed by atoms with Gasteiger partial charge in [-0.1, -0.05) is 0 Å². The van der Waals surface area contributed by atoms with E-state index in [0.29, 0.717) is 0 Å². The van der Waals surface area contributed by atoms with E-state index in [1.165, 1.54) is 0 Å². The van der Waals surface area contributed by atoms with Crippen LogP contribution >= 0.6 is 25.0 Å². The number of hydrogen-bond acceptors (Lipinski definition) is 2.